The van der Waals surface area contributed by atoms with E-state index in [1.54, 1.807) is 0 Å². The van der Waals surface area contributed by atoms with Crippen molar-refractivity contribution in [2.24, 2.45) is 23.7 Å². The summed E-state index contributed by atoms with van der Waals surface area (Å²) in [5.74, 6) is 3.65. The fourth-order valence-electron chi connectivity index (χ4n) is 3.79. The maximum Gasteiger partial charge on any atom is -0.0417 e. The molecule has 0 nitrogen and oxygen atoms in total. The Bertz CT molecular complexity index is 255. The molecule has 25 heavy (non-hydrogen) atoms. The average molecular weight is 353 g/mol. The molecular weight excluding hydrogens is 300 g/mol. The van der Waals surface area contributed by atoms with Crippen LogP contribution in [-0.4, -0.2) is 0 Å². The number of rotatable bonds is 18. The first kappa shape index (κ1) is 25.0. The molecule has 0 aliphatic rings. The van der Waals surface area contributed by atoms with Crippen molar-refractivity contribution in [3.8, 4) is 0 Å². The Kier molecular flexibility index (Phi) is 17.4. The zero-order chi connectivity index (χ0) is 18.9. The predicted octanol–water partition coefficient (Wildman–Crippen LogP) is 9.42. The van der Waals surface area contributed by atoms with E-state index in [9.17, 15) is 0 Å². The summed E-state index contributed by atoms with van der Waals surface area (Å²) in [6.07, 6.45) is 21.8. The molecule has 0 heterocycles. The van der Waals surface area contributed by atoms with E-state index in [0.717, 1.165) is 23.7 Å². The third-order valence-electron chi connectivity index (χ3n) is 6.69. The average Bonchev–Trinajstić information content (AvgIpc) is 2.59. The zero-order valence-electron chi connectivity index (χ0n) is 18.9. The van der Waals surface area contributed by atoms with Crippen molar-refractivity contribution in [3.63, 3.8) is 0 Å². The maximum absolute atomic E-state index is 2.49. The van der Waals surface area contributed by atoms with Crippen LogP contribution in [0.5, 0.6) is 0 Å². The van der Waals surface area contributed by atoms with Crippen molar-refractivity contribution >= 4 is 0 Å². The molecule has 0 aliphatic heterocycles. The Balaban J connectivity index is 3.34. The lowest BCUT2D eigenvalue weighted by molar-refractivity contribution is 0.322. The van der Waals surface area contributed by atoms with E-state index in [1.807, 2.05) is 0 Å². The van der Waals surface area contributed by atoms with Crippen molar-refractivity contribution in [3.05, 3.63) is 0 Å². The van der Waals surface area contributed by atoms with Gasteiger partial charge in [-0.2, -0.15) is 0 Å². The van der Waals surface area contributed by atoms with Gasteiger partial charge in [0, 0.05) is 0 Å². The molecule has 0 aliphatic carbocycles. The van der Waals surface area contributed by atoms with Crippen molar-refractivity contribution in [2.75, 3.05) is 0 Å². The number of unbranched alkanes of at least 4 members (excludes halogenated alkanes) is 10. The zero-order valence-corrected chi connectivity index (χ0v) is 18.9. The van der Waals surface area contributed by atoms with Crippen LogP contribution in [0.4, 0.5) is 0 Å². The van der Waals surface area contributed by atoms with Crippen LogP contribution < -0.4 is 0 Å². The lowest BCUT2D eigenvalue weighted by Gasteiger charge is -2.19. The lowest BCUT2D eigenvalue weighted by Crippen LogP contribution is -2.08. The Hall–Kier alpha value is 0. The van der Waals surface area contributed by atoms with Crippen LogP contribution in [0.3, 0.4) is 0 Å². The summed E-state index contributed by atoms with van der Waals surface area (Å²) in [5.41, 5.74) is 0. The van der Waals surface area contributed by atoms with Gasteiger partial charge in [0.15, 0.2) is 0 Å². The first-order valence-electron chi connectivity index (χ1n) is 12.0. The molecule has 0 spiro atoms. The third kappa shape index (κ3) is 15.9. The van der Waals surface area contributed by atoms with Gasteiger partial charge < -0.3 is 0 Å². The highest BCUT2D eigenvalue weighted by Crippen LogP contribution is 2.24. The summed E-state index contributed by atoms with van der Waals surface area (Å²) in [4.78, 5) is 0. The SMILES string of the molecule is CCCCCCC(C)C(C)CCCCCCCCCCC(C)C(C)C. The molecule has 0 bridgehead atoms. The number of hydrogen-bond acceptors (Lipinski definition) is 0. The number of hydrogen-bond donors (Lipinski definition) is 0. The van der Waals surface area contributed by atoms with Crippen LogP contribution in [0, 0.1) is 23.7 Å². The second-order valence-electron chi connectivity index (χ2n) is 9.43. The van der Waals surface area contributed by atoms with Crippen LogP contribution in [0.1, 0.15) is 138 Å². The molecule has 3 atom stereocenters. The Labute approximate surface area is 161 Å². The highest BCUT2D eigenvalue weighted by molar-refractivity contribution is 4.63. The fourth-order valence-corrected chi connectivity index (χ4v) is 3.79. The summed E-state index contributed by atoms with van der Waals surface area (Å²) in [6, 6.07) is 0. The summed E-state index contributed by atoms with van der Waals surface area (Å²) in [6.45, 7) is 14.4. The van der Waals surface area contributed by atoms with Gasteiger partial charge in [-0.1, -0.05) is 138 Å². The Morgan fingerprint density at radius 1 is 0.400 bits per heavy atom. The maximum atomic E-state index is 2.49. The first-order valence-corrected chi connectivity index (χ1v) is 12.0. The predicted molar refractivity (Wildman–Crippen MR) is 117 cm³/mol. The van der Waals surface area contributed by atoms with Crippen molar-refractivity contribution in [1.82, 2.24) is 0 Å². The van der Waals surface area contributed by atoms with Gasteiger partial charge in [-0.05, 0) is 23.7 Å². The minimum Gasteiger partial charge on any atom is -0.0654 e. The van der Waals surface area contributed by atoms with E-state index in [1.165, 1.54) is 96.3 Å². The Morgan fingerprint density at radius 3 is 1.08 bits per heavy atom. The summed E-state index contributed by atoms with van der Waals surface area (Å²) in [7, 11) is 0. The van der Waals surface area contributed by atoms with E-state index < -0.39 is 0 Å². The van der Waals surface area contributed by atoms with E-state index >= 15 is 0 Å². The van der Waals surface area contributed by atoms with E-state index in [-0.39, 0.29) is 0 Å². The molecule has 0 aromatic carbocycles. The smallest absolute Gasteiger partial charge is 0.0417 e. The largest absolute Gasteiger partial charge is 0.0654 e. The molecule has 0 rings (SSSR count). The summed E-state index contributed by atoms with van der Waals surface area (Å²) < 4.78 is 0. The Morgan fingerprint density at radius 2 is 0.720 bits per heavy atom. The minimum atomic E-state index is 0.862. The summed E-state index contributed by atoms with van der Waals surface area (Å²) >= 11 is 0. The van der Waals surface area contributed by atoms with Gasteiger partial charge in [0.2, 0.25) is 0 Å². The van der Waals surface area contributed by atoms with Gasteiger partial charge >= 0.3 is 0 Å². The third-order valence-corrected chi connectivity index (χ3v) is 6.69. The van der Waals surface area contributed by atoms with Crippen LogP contribution in [0.2, 0.25) is 0 Å². The van der Waals surface area contributed by atoms with Crippen LogP contribution in [0.15, 0.2) is 0 Å². The van der Waals surface area contributed by atoms with Gasteiger partial charge in [-0.15, -0.1) is 0 Å². The molecule has 0 aromatic rings. The molecule has 0 fully saturated rings. The normalized spacial score (nSPS) is 15.5. The van der Waals surface area contributed by atoms with E-state index in [4.69, 9.17) is 0 Å². The van der Waals surface area contributed by atoms with Crippen LogP contribution >= 0.6 is 0 Å². The molecule has 0 amide bonds. The molecule has 0 saturated heterocycles. The van der Waals surface area contributed by atoms with Crippen molar-refractivity contribution < 1.29 is 0 Å². The van der Waals surface area contributed by atoms with Gasteiger partial charge in [0.1, 0.15) is 0 Å². The van der Waals surface area contributed by atoms with Gasteiger partial charge in [0.05, 0.1) is 0 Å². The summed E-state index contributed by atoms with van der Waals surface area (Å²) in [5, 5.41) is 0. The quantitative estimate of drug-likeness (QED) is 0.215. The first-order chi connectivity index (χ1) is 12.0. The monoisotopic (exact) mass is 352 g/mol. The van der Waals surface area contributed by atoms with Gasteiger partial charge in [-0.25, -0.2) is 0 Å². The van der Waals surface area contributed by atoms with Crippen molar-refractivity contribution in [2.45, 2.75) is 138 Å². The highest BCUT2D eigenvalue weighted by atomic mass is 14.2. The molecule has 0 radical (unpaired) electrons. The fraction of sp³-hybridized carbons (Fsp3) is 1.00. The van der Waals surface area contributed by atoms with Crippen LogP contribution in [0.25, 0.3) is 0 Å². The lowest BCUT2D eigenvalue weighted by atomic mass is 9.87. The molecule has 0 aromatic heterocycles. The van der Waals surface area contributed by atoms with E-state index in [0.29, 0.717) is 0 Å². The van der Waals surface area contributed by atoms with Crippen LogP contribution in [-0.2, 0) is 0 Å². The standard InChI is InChI=1S/C25H52/c1-7-8-9-16-20-24(5)25(6)21-18-15-13-11-10-12-14-17-19-23(4)22(2)3/h22-25H,7-21H2,1-6H3. The van der Waals surface area contributed by atoms with Gasteiger partial charge in [0.25, 0.3) is 0 Å². The van der Waals surface area contributed by atoms with E-state index in [2.05, 4.69) is 41.5 Å². The van der Waals surface area contributed by atoms with Crippen molar-refractivity contribution in [1.29, 1.82) is 0 Å². The molecule has 3 unspecified atom stereocenters. The second kappa shape index (κ2) is 17.4. The minimum absolute atomic E-state index is 0.862. The molecule has 0 N–H and O–H groups in total. The molecule has 152 valence electrons. The molecular formula is C25H52. The molecule has 0 saturated carbocycles. The van der Waals surface area contributed by atoms with Gasteiger partial charge in [-0.3, -0.25) is 0 Å². The highest BCUT2D eigenvalue weighted by Gasteiger charge is 2.11. The topological polar surface area (TPSA) is 0 Å². The molecule has 0 heteroatoms. The second-order valence-corrected chi connectivity index (χ2v) is 9.43.